The molecule has 128 valence electrons. The van der Waals surface area contributed by atoms with Crippen molar-refractivity contribution < 1.29 is 14.3 Å². The predicted octanol–water partition coefficient (Wildman–Crippen LogP) is 3.79. The molecule has 0 unspecified atom stereocenters. The number of anilines is 1. The second-order valence-corrected chi connectivity index (χ2v) is 6.20. The molecule has 6 heteroatoms. The van der Waals surface area contributed by atoms with Crippen LogP contribution in [0, 0.1) is 0 Å². The fraction of sp³-hybridized carbons (Fsp3) is 0.529. The van der Waals surface area contributed by atoms with Crippen LogP contribution in [0.25, 0.3) is 0 Å². The lowest BCUT2D eigenvalue weighted by molar-refractivity contribution is -0.137. The molecule has 0 aliphatic heterocycles. The first-order valence-electron chi connectivity index (χ1n) is 7.94. The van der Waals surface area contributed by atoms with Gasteiger partial charge in [-0.3, -0.25) is 4.79 Å². The highest BCUT2D eigenvalue weighted by atomic mass is 32.2. The number of methoxy groups -OCH3 is 1. The monoisotopic (exact) mass is 338 g/mol. The summed E-state index contributed by atoms with van der Waals surface area (Å²) >= 11 is 1.49. The van der Waals surface area contributed by atoms with Gasteiger partial charge in [-0.25, -0.2) is 4.79 Å². The quantitative estimate of drug-likeness (QED) is 0.503. The first-order chi connectivity index (χ1) is 11.2. The van der Waals surface area contributed by atoms with Gasteiger partial charge in [-0.1, -0.05) is 38.3 Å². The van der Waals surface area contributed by atoms with Crippen LogP contribution in [-0.2, 0) is 15.3 Å². The Morgan fingerprint density at radius 1 is 1.22 bits per heavy atom. The average Bonchev–Trinajstić information content (AvgIpc) is 2.55. The van der Waals surface area contributed by atoms with Gasteiger partial charge in [-0.05, 0) is 24.1 Å². The Bertz CT molecular complexity index is 494. The zero-order valence-corrected chi connectivity index (χ0v) is 14.7. The van der Waals surface area contributed by atoms with Crippen molar-refractivity contribution >= 4 is 29.4 Å². The molecule has 0 fully saturated rings. The number of rotatable bonds is 10. The van der Waals surface area contributed by atoms with Crippen LogP contribution in [0.1, 0.15) is 38.2 Å². The van der Waals surface area contributed by atoms with Crippen molar-refractivity contribution in [1.82, 2.24) is 5.32 Å². The molecule has 0 heterocycles. The van der Waals surface area contributed by atoms with Crippen molar-refractivity contribution in [2.45, 2.75) is 38.4 Å². The van der Waals surface area contributed by atoms with Crippen LogP contribution in [0.2, 0.25) is 0 Å². The molecule has 23 heavy (non-hydrogen) atoms. The second-order valence-electron chi connectivity index (χ2n) is 5.21. The van der Waals surface area contributed by atoms with E-state index in [1.165, 1.54) is 31.7 Å². The maximum atomic E-state index is 11.8. The lowest BCUT2D eigenvalue weighted by Gasteiger charge is -2.09. The smallest absolute Gasteiger partial charge is 0.319 e. The fourth-order valence-corrected chi connectivity index (χ4v) is 2.78. The molecule has 1 aromatic carbocycles. The fourth-order valence-electron chi connectivity index (χ4n) is 1.98. The normalized spacial score (nSPS) is 10.2. The topological polar surface area (TPSA) is 67.4 Å². The molecule has 1 aromatic rings. The van der Waals surface area contributed by atoms with Gasteiger partial charge >= 0.3 is 12.0 Å². The number of hydrogen-bond acceptors (Lipinski definition) is 4. The molecule has 0 saturated heterocycles. The van der Waals surface area contributed by atoms with Crippen molar-refractivity contribution in [3.63, 3.8) is 0 Å². The van der Waals surface area contributed by atoms with Crippen LogP contribution in [0.5, 0.6) is 0 Å². The minimum Gasteiger partial charge on any atom is -0.468 e. The molecule has 5 nitrogen and oxygen atoms in total. The minimum absolute atomic E-state index is 0.180. The number of ether oxygens (including phenoxy) is 1. The maximum Gasteiger partial charge on any atom is 0.319 e. The summed E-state index contributed by atoms with van der Waals surface area (Å²) in [6.07, 6.45) is 4.54. The largest absolute Gasteiger partial charge is 0.468 e. The molecular formula is C17H26N2O3S. The Balaban J connectivity index is 2.32. The molecule has 2 N–H and O–H groups in total. The van der Waals surface area contributed by atoms with E-state index in [1.807, 2.05) is 24.3 Å². The molecule has 0 aromatic heterocycles. The number of thioether (sulfide) groups is 1. The molecule has 0 aliphatic carbocycles. The standard InChI is InChI=1S/C17H26N2O3S/c1-3-4-5-6-10-18-17(21)19-15-9-7-8-14(11-15)12-23-13-16(20)22-2/h7-9,11H,3-6,10,12-13H2,1-2H3,(H2,18,19,21). The van der Waals surface area contributed by atoms with Gasteiger partial charge in [0.25, 0.3) is 0 Å². The maximum absolute atomic E-state index is 11.8. The third kappa shape index (κ3) is 9.13. The molecule has 2 amide bonds. The summed E-state index contributed by atoms with van der Waals surface area (Å²) < 4.78 is 4.60. The number of nitrogens with one attached hydrogen (secondary N) is 2. The van der Waals surface area contributed by atoms with Crippen molar-refractivity contribution in [1.29, 1.82) is 0 Å². The van der Waals surface area contributed by atoms with Gasteiger partial charge in [0, 0.05) is 18.0 Å². The Labute approximate surface area is 142 Å². The van der Waals surface area contributed by atoms with E-state index in [9.17, 15) is 9.59 Å². The van der Waals surface area contributed by atoms with Gasteiger partial charge in [-0.15, -0.1) is 11.8 Å². The highest BCUT2D eigenvalue weighted by Crippen LogP contribution is 2.16. The number of benzene rings is 1. The zero-order valence-electron chi connectivity index (χ0n) is 13.9. The van der Waals surface area contributed by atoms with Gasteiger partial charge in [-0.2, -0.15) is 0 Å². The lowest BCUT2D eigenvalue weighted by Crippen LogP contribution is -2.29. The first kappa shape index (κ1) is 19.4. The van der Waals surface area contributed by atoms with E-state index in [-0.39, 0.29) is 12.0 Å². The van der Waals surface area contributed by atoms with E-state index in [0.29, 0.717) is 18.1 Å². The Hall–Kier alpha value is -1.69. The number of urea groups is 1. The number of amides is 2. The van der Waals surface area contributed by atoms with Crippen LogP contribution < -0.4 is 10.6 Å². The van der Waals surface area contributed by atoms with Crippen LogP contribution in [0.4, 0.5) is 10.5 Å². The van der Waals surface area contributed by atoms with Crippen LogP contribution in [0.15, 0.2) is 24.3 Å². The molecule has 0 saturated carbocycles. The number of carbonyl (C=O) groups excluding carboxylic acids is 2. The second kappa shape index (κ2) is 11.8. The van der Waals surface area contributed by atoms with Crippen LogP contribution in [0.3, 0.4) is 0 Å². The lowest BCUT2D eigenvalue weighted by atomic mass is 10.2. The summed E-state index contributed by atoms with van der Waals surface area (Å²) in [5, 5.41) is 5.69. The minimum atomic E-state index is -0.230. The van der Waals surface area contributed by atoms with E-state index in [2.05, 4.69) is 22.3 Å². The molecule has 0 spiro atoms. The predicted molar refractivity (Wildman–Crippen MR) is 95.8 cm³/mol. The number of esters is 1. The molecule has 0 atom stereocenters. The van der Waals surface area contributed by atoms with E-state index in [4.69, 9.17) is 0 Å². The van der Waals surface area contributed by atoms with E-state index >= 15 is 0 Å². The number of unbranched alkanes of at least 4 members (excludes halogenated alkanes) is 3. The Morgan fingerprint density at radius 2 is 2.04 bits per heavy atom. The summed E-state index contributed by atoms with van der Waals surface area (Å²) in [7, 11) is 1.38. The average molecular weight is 338 g/mol. The van der Waals surface area contributed by atoms with Gasteiger partial charge < -0.3 is 15.4 Å². The molecule has 0 aliphatic rings. The summed E-state index contributed by atoms with van der Waals surface area (Å²) in [6, 6.07) is 7.45. The van der Waals surface area contributed by atoms with Crippen molar-refractivity contribution in [3.8, 4) is 0 Å². The third-order valence-electron chi connectivity index (χ3n) is 3.22. The van der Waals surface area contributed by atoms with Crippen LogP contribution >= 0.6 is 11.8 Å². The highest BCUT2D eigenvalue weighted by Gasteiger charge is 2.04. The van der Waals surface area contributed by atoms with E-state index < -0.39 is 0 Å². The summed E-state index contributed by atoms with van der Waals surface area (Å²) in [4.78, 5) is 22.9. The van der Waals surface area contributed by atoms with Gasteiger partial charge in [0.05, 0.1) is 12.9 Å². The Kier molecular flexibility index (Phi) is 9.95. The number of carbonyl (C=O) groups is 2. The molecular weight excluding hydrogens is 312 g/mol. The summed E-state index contributed by atoms with van der Waals surface area (Å²) in [5.74, 6) is 0.794. The van der Waals surface area contributed by atoms with Crippen molar-refractivity contribution in [3.05, 3.63) is 29.8 Å². The van der Waals surface area contributed by atoms with Gasteiger partial charge in [0.15, 0.2) is 0 Å². The molecule has 1 rings (SSSR count). The van der Waals surface area contributed by atoms with Gasteiger partial charge in [0.1, 0.15) is 0 Å². The van der Waals surface area contributed by atoms with Crippen molar-refractivity contribution in [2.75, 3.05) is 24.7 Å². The zero-order chi connectivity index (χ0) is 16.9. The van der Waals surface area contributed by atoms with Gasteiger partial charge in [0.2, 0.25) is 0 Å². The van der Waals surface area contributed by atoms with E-state index in [1.54, 1.807) is 0 Å². The van der Waals surface area contributed by atoms with E-state index in [0.717, 1.165) is 24.1 Å². The summed E-state index contributed by atoms with van der Waals surface area (Å²) in [5.41, 5.74) is 1.81. The van der Waals surface area contributed by atoms with Crippen molar-refractivity contribution in [2.24, 2.45) is 0 Å². The first-order valence-corrected chi connectivity index (χ1v) is 9.09. The third-order valence-corrected chi connectivity index (χ3v) is 4.19. The molecule has 0 bridgehead atoms. The number of hydrogen-bond donors (Lipinski definition) is 2. The van der Waals surface area contributed by atoms with Crippen LogP contribution in [-0.4, -0.2) is 31.4 Å². The Morgan fingerprint density at radius 3 is 2.78 bits per heavy atom. The molecule has 0 radical (unpaired) electrons. The summed E-state index contributed by atoms with van der Waals surface area (Å²) in [6.45, 7) is 2.86. The SMILES string of the molecule is CCCCCCNC(=O)Nc1cccc(CSCC(=O)OC)c1. The highest BCUT2D eigenvalue weighted by molar-refractivity contribution is 7.99.